The lowest BCUT2D eigenvalue weighted by atomic mass is 10.0. The molecule has 1 atom stereocenters. The van der Waals surface area contributed by atoms with Gasteiger partial charge in [-0.2, -0.15) is 0 Å². The Balaban J connectivity index is 2.18. The van der Waals surface area contributed by atoms with Crippen molar-refractivity contribution in [3.8, 4) is 5.69 Å². The lowest BCUT2D eigenvalue weighted by molar-refractivity contribution is 0.0494. The summed E-state index contributed by atoms with van der Waals surface area (Å²) in [6.45, 7) is 7.38. The summed E-state index contributed by atoms with van der Waals surface area (Å²) in [5.74, 6) is 0.544. The summed E-state index contributed by atoms with van der Waals surface area (Å²) in [5.41, 5.74) is 0.554. The highest BCUT2D eigenvalue weighted by atomic mass is 16.3. The Labute approximate surface area is 119 Å². The van der Waals surface area contributed by atoms with Gasteiger partial charge >= 0.3 is 0 Å². The van der Waals surface area contributed by atoms with Gasteiger partial charge in [-0.15, -0.1) is 5.10 Å². The largest absolute Gasteiger partial charge is 0.382 e. The first-order valence-electron chi connectivity index (χ1n) is 6.90. The van der Waals surface area contributed by atoms with Gasteiger partial charge in [0.15, 0.2) is 0 Å². The van der Waals surface area contributed by atoms with Crippen molar-refractivity contribution >= 4 is 0 Å². The number of benzene rings is 1. The number of hydrogen-bond acceptors (Lipinski definition) is 4. The number of aromatic nitrogens is 3. The molecule has 0 aliphatic heterocycles. The minimum atomic E-state index is -1.02. The highest BCUT2D eigenvalue weighted by molar-refractivity contribution is 5.32. The molecule has 0 aliphatic rings. The van der Waals surface area contributed by atoms with E-state index >= 15 is 0 Å². The molecule has 108 valence electrons. The normalized spacial score (nSPS) is 14.4. The summed E-state index contributed by atoms with van der Waals surface area (Å²) in [5, 5.41) is 21.9. The first-order chi connectivity index (χ1) is 9.50. The van der Waals surface area contributed by atoms with Crippen molar-refractivity contribution in [2.45, 2.75) is 26.4 Å². The van der Waals surface area contributed by atoms with Gasteiger partial charge < -0.3 is 10.4 Å². The third kappa shape index (κ3) is 3.43. The maximum absolute atomic E-state index is 10.7. The number of aliphatic hydroxyl groups is 1. The molecule has 0 amide bonds. The zero-order chi connectivity index (χ0) is 14.6. The Morgan fingerprint density at radius 1 is 1.30 bits per heavy atom. The van der Waals surface area contributed by atoms with Crippen LogP contribution in [0.5, 0.6) is 0 Å². The molecule has 2 N–H and O–H groups in total. The minimum Gasteiger partial charge on any atom is -0.382 e. The van der Waals surface area contributed by atoms with E-state index in [1.807, 2.05) is 30.3 Å². The molecule has 2 aromatic rings. The molecule has 20 heavy (non-hydrogen) atoms. The van der Waals surface area contributed by atoms with Crippen LogP contribution < -0.4 is 5.32 Å². The number of hydrogen-bond donors (Lipinski definition) is 2. The van der Waals surface area contributed by atoms with Crippen molar-refractivity contribution in [2.75, 3.05) is 13.1 Å². The minimum absolute atomic E-state index is 0.464. The summed E-state index contributed by atoms with van der Waals surface area (Å²) < 4.78 is 1.68. The lowest BCUT2D eigenvalue weighted by Gasteiger charge is -2.24. The van der Waals surface area contributed by atoms with Crippen LogP contribution in [0.3, 0.4) is 0 Å². The fourth-order valence-corrected chi connectivity index (χ4v) is 2.06. The van der Waals surface area contributed by atoms with E-state index in [0.29, 0.717) is 18.2 Å². The SMILES string of the molecule is CC(C)CNCC(C)(O)c1cnnn1-c1ccccc1. The molecule has 1 heterocycles. The lowest BCUT2D eigenvalue weighted by Crippen LogP contribution is -2.38. The van der Waals surface area contributed by atoms with Crippen molar-refractivity contribution in [1.29, 1.82) is 0 Å². The predicted octanol–water partition coefficient (Wildman–Crippen LogP) is 1.72. The summed E-state index contributed by atoms with van der Waals surface area (Å²) in [6, 6.07) is 9.70. The number of nitrogens with one attached hydrogen (secondary N) is 1. The maximum Gasteiger partial charge on any atom is 0.118 e. The van der Waals surface area contributed by atoms with Crippen molar-refractivity contribution in [2.24, 2.45) is 5.92 Å². The molecule has 2 rings (SSSR count). The quantitative estimate of drug-likeness (QED) is 0.842. The Morgan fingerprint density at radius 3 is 2.65 bits per heavy atom. The molecule has 1 aromatic carbocycles. The van der Waals surface area contributed by atoms with Crippen molar-refractivity contribution < 1.29 is 5.11 Å². The van der Waals surface area contributed by atoms with Gasteiger partial charge in [0.25, 0.3) is 0 Å². The number of rotatable bonds is 6. The van der Waals surface area contributed by atoms with Gasteiger partial charge in [0, 0.05) is 6.54 Å². The molecule has 0 bridgehead atoms. The van der Waals surface area contributed by atoms with E-state index in [-0.39, 0.29) is 0 Å². The fraction of sp³-hybridized carbons (Fsp3) is 0.467. The second-order valence-corrected chi connectivity index (χ2v) is 5.67. The van der Waals surface area contributed by atoms with Gasteiger partial charge in [-0.05, 0) is 31.5 Å². The fourth-order valence-electron chi connectivity index (χ4n) is 2.06. The molecule has 5 nitrogen and oxygen atoms in total. The van der Waals surface area contributed by atoms with E-state index in [1.54, 1.807) is 17.8 Å². The van der Waals surface area contributed by atoms with E-state index in [9.17, 15) is 5.11 Å². The molecular weight excluding hydrogens is 252 g/mol. The Morgan fingerprint density at radius 2 is 2.00 bits per heavy atom. The zero-order valence-electron chi connectivity index (χ0n) is 12.2. The predicted molar refractivity (Wildman–Crippen MR) is 78.6 cm³/mol. The van der Waals surface area contributed by atoms with Crippen LogP contribution in [0.2, 0.25) is 0 Å². The summed E-state index contributed by atoms with van der Waals surface area (Å²) in [6.07, 6.45) is 1.62. The Hall–Kier alpha value is -1.72. The average Bonchev–Trinajstić information content (AvgIpc) is 2.89. The standard InChI is InChI=1S/C15H22N4O/c1-12(2)9-16-11-15(3,20)14-10-17-18-19(14)13-7-5-4-6-8-13/h4-8,10,12,16,20H,9,11H2,1-3H3. The van der Waals surface area contributed by atoms with E-state index in [4.69, 9.17) is 0 Å². The second-order valence-electron chi connectivity index (χ2n) is 5.67. The molecule has 1 aromatic heterocycles. The van der Waals surface area contributed by atoms with Crippen LogP contribution in [0, 0.1) is 5.92 Å². The molecule has 0 saturated heterocycles. The summed E-state index contributed by atoms with van der Waals surface area (Å²) in [7, 11) is 0. The highest BCUT2D eigenvalue weighted by Gasteiger charge is 2.28. The smallest absolute Gasteiger partial charge is 0.118 e. The molecule has 0 radical (unpaired) electrons. The summed E-state index contributed by atoms with van der Waals surface area (Å²) >= 11 is 0. The van der Waals surface area contributed by atoms with Crippen molar-refractivity contribution in [3.05, 3.63) is 42.2 Å². The van der Waals surface area contributed by atoms with Crippen LogP contribution >= 0.6 is 0 Å². The van der Waals surface area contributed by atoms with Crippen LogP contribution in [0.4, 0.5) is 0 Å². The van der Waals surface area contributed by atoms with E-state index < -0.39 is 5.60 Å². The maximum atomic E-state index is 10.7. The van der Waals surface area contributed by atoms with Crippen LogP contribution in [0.15, 0.2) is 36.5 Å². The monoisotopic (exact) mass is 274 g/mol. The van der Waals surface area contributed by atoms with Crippen LogP contribution in [-0.4, -0.2) is 33.2 Å². The molecule has 0 spiro atoms. The van der Waals surface area contributed by atoms with E-state index in [2.05, 4.69) is 29.5 Å². The van der Waals surface area contributed by atoms with Gasteiger partial charge in [0.05, 0.1) is 17.6 Å². The molecule has 5 heteroatoms. The topological polar surface area (TPSA) is 63.0 Å². The Kier molecular flexibility index (Phi) is 4.52. The van der Waals surface area contributed by atoms with Crippen molar-refractivity contribution in [1.82, 2.24) is 20.3 Å². The average molecular weight is 274 g/mol. The second kappa shape index (κ2) is 6.15. The molecule has 0 aliphatic carbocycles. The van der Waals surface area contributed by atoms with Crippen LogP contribution in [-0.2, 0) is 5.60 Å². The molecule has 0 saturated carbocycles. The molecule has 0 fully saturated rings. The Bertz CT molecular complexity index is 534. The van der Waals surface area contributed by atoms with Gasteiger partial charge in [-0.3, -0.25) is 0 Å². The van der Waals surface area contributed by atoms with Gasteiger partial charge in [-0.1, -0.05) is 37.3 Å². The first kappa shape index (κ1) is 14.7. The third-order valence-electron chi connectivity index (χ3n) is 3.12. The summed E-state index contributed by atoms with van der Waals surface area (Å²) in [4.78, 5) is 0. The first-order valence-corrected chi connectivity index (χ1v) is 6.90. The van der Waals surface area contributed by atoms with E-state index in [1.165, 1.54) is 0 Å². The van der Waals surface area contributed by atoms with Gasteiger partial charge in [-0.25, -0.2) is 4.68 Å². The van der Waals surface area contributed by atoms with Crippen molar-refractivity contribution in [3.63, 3.8) is 0 Å². The van der Waals surface area contributed by atoms with E-state index in [0.717, 1.165) is 12.2 Å². The number of nitrogens with zero attached hydrogens (tertiary/aromatic N) is 3. The zero-order valence-corrected chi connectivity index (χ0v) is 12.2. The van der Waals surface area contributed by atoms with Crippen LogP contribution in [0.1, 0.15) is 26.5 Å². The molecular formula is C15H22N4O. The van der Waals surface area contributed by atoms with Gasteiger partial charge in [0.1, 0.15) is 5.60 Å². The molecule has 1 unspecified atom stereocenters. The van der Waals surface area contributed by atoms with Gasteiger partial charge in [0.2, 0.25) is 0 Å². The third-order valence-corrected chi connectivity index (χ3v) is 3.12. The highest BCUT2D eigenvalue weighted by Crippen LogP contribution is 2.21. The van der Waals surface area contributed by atoms with Crippen LogP contribution in [0.25, 0.3) is 5.69 Å². The number of para-hydroxylation sites is 1.